The predicted molar refractivity (Wildman–Crippen MR) is 208 cm³/mol. The van der Waals surface area contributed by atoms with Crippen LogP contribution in [0.4, 0.5) is 4.79 Å². The van der Waals surface area contributed by atoms with Crippen molar-refractivity contribution in [2.75, 3.05) is 12.3 Å². The molecule has 1 saturated heterocycles. The number of nitrogens with one attached hydrogen (secondary N) is 4. The molecule has 5 fully saturated rings. The summed E-state index contributed by atoms with van der Waals surface area (Å²) in [4.78, 5) is 71.6. The molecule has 0 aromatic carbocycles. The van der Waals surface area contributed by atoms with E-state index in [4.69, 9.17) is 6.42 Å². The predicted octanol–water partition coefficient (Wildman–Crippen LogP) is 4.55. The van der Waals surface area contributed by atoms with Crippen LogP contribution < -0.4 is 21.3 Å². The van der Waals surface area contributed by atoms with Crippen molar-refractivity contribution < 1.29 is 32.4 Å². The number of sulfone groups is 1. The van der Waals surface area contributed by atoms with Crippen LogP contribution in [0, 0.1) is 35.0 Å². The molecule has 4 aliphatic carbocycles. The fraction of sp³-hybridized carbons (Fsp3) is 0.829. The van der Waals surface area contributed by atoms with Gasteiger partial charge in [0.2, 0.25) is 17.6 Å². The molecule has 4 saturated carbocycles. The minimum atomic E-state index is -3.58. The zero-order valence-corrected chi connectivity index (χ0v) is 34.3. The summed E-state index contributed by atoms with van der Waals surface area (Å²) in [6.45, 7) is 11.7. The number of likely N-dealkylation sites (tertiary alicyclic amines) is 1. The number of ketones is 1. The maximum Gasteiger partial charge on any atom is 0.315 e. The lowest BCUT2D eigenvalue weighted by Gasteiger charge is -2.44. The van der Waals surface area contributed by atoms with Gasteiger partial charge in [-0.1, -0.05) is 59.3 Å². The number of rotatable bonds is 13. The van der Waals surface area contributed by atoms with Crippen molar-refractivity contribution in [1.82, 2.24) is 26.2 Å². The van der Waals surface area contributed by atoms with Gasteiger partial charge in [-0.05, 0) is 101 Å². The topological polar surface area (TPSA) is 171 Å². The van der Waals surface area contributed by atoms with Crippen LogP contribution in [-0.4, -0.2) is 89.6 Å². The van der Waals surface area contributed by atoms with E-state index in [0.29, 0.717) is 38.6 Å². The molecule has 1 unspecified atom stereocenters. The SMILES string of the molecule is C#CCCC(NC(=O)[C@@H]1[C@H]2CCC(C)(C)[C@H]2CN1C(=O)[C@@H](NC(=O)NC1(CS(=O)(=O)C(C)(C)C)CCCCC1)C1(C)CCCCC1)C(=O)C(=O)NC1CC1. The van der Waals surface area contributed by atoms with Crippen molar-refractivity contribution in [2.45, 2.75) is 179 Å². The van der Waals surface area contributed by atoms with Crippen LogP contribution in [0.15, 0.2) is 0 Å². The number of nitrogens with zero attached hydrogens (tertiary/aromatic N) is 1. The normalized spacial score (nSPS) is 27.1. The second kappa shape index (κ2) is 16.1. The van der Waals surface area contributed by atoms with Gasteiger partial charge in [0, 0.05) is 19.0 Å². The number of carbonyl (C=O) groups is 5. The Kier molecular flexibility index (Phi) is 12.6. The first-order valence-corrected chi connectivity index (χ1v) is 22.1. The van der Waals surface area contributed by atoms with Crippen molar-refractivity contribution in [3.05, 3.63) is 0 Å². The Morgan fingerprint density at radius 1 is 0.870 bits per heavy atom. The fourth-order valence-electron chi connectivity index (χ4n) is 9.65. The molecule has 5 atom stereocenters. The van der Waals surface area contributed by atoms with Crippen LogP contribution in [0.25, 0.3) is 0 Å². The Morgan fingerprint density at radius 2 is 1.48 bits per heavy atom. The van der Waals surface area contributed by atoms with E-state index in [2.05, 4.69) is 41.0 Å². The molecule has 0 radical (unpaired) electrons. The Morgan fingerprint density at radius 3 is 2.06 bits per heavy atom. The highest BCUT2D eigenvalue weighted by Gasteiger charge is 2.58. The number of urea groups is 1. The molecule has 5 amide bonds. The van der Waals surface area contributed by atoms with Gasteiger partial charge < -0.3 is 26.2 Å². The molecular formula is C41H65N5O7S. The first-order valence-electron chi connectivity index (χ1n) is 20.4. The average molecular weight is 772 g/mol. The summed E-state index contributed by atoms with van der Waals surface area (Å²) in [6, 6.07) is -3.62. The van der Waals surface area contributed by atoms with Crippen molar-refractivity contribution >= 4 is 39.4 Å². The zero-order valence-electron chi connectivity index (χ0n) is 33.5. The Balaban J connectivity index is 1.44. The third-order valence-electron chi connectivity index (χ3n) is 13.5. The Hall–Kier alpha value is -3.14. The van der Waals surface area contributed by atoms with E-state index in [1.165, 1.54) is 0 Å². The third kappa shape index (κ3) is 9.27. The van der Waals surface area contributed by atoms with Crippen LogP contribution in [-0.2, 0) is 29.0 Å². The number of Topliss-reactive ketones (excluding diaryl/α,β-unsaturated/α-hetero) is 1. The van der Waals surface area contributed by atoms with Gasteiger partial charge >= 0.3 is 6.03 Å². The summed E-state index contributed by atoms with van der Waals surface area (Å²) < 4.78 is 26.0. The second-order valence-electron chi connectivity index (χ2n) is 19.1. The minimum absolute atomic E-state index is 0.0111. The molecule has 12 nitrogen and oxygen atoms in total. The van der Waals surface area contributed by atoms with E-state index in [1.54, 1.807) is 25.7 Å². The molecule has 1 heterocycles. The molecule has 4 N–H and O–H groups in total. The molecule has 0 bridgehead atoms. The summed E-state index contributed by atoms with van der Waals surface area (Å²) in [5.74, 6) is -0.170. The number of terminal acetylenes is 1. The van der Waals surface area contributed by atoms with Crippen LogP contribution in [0.1, 0.15) is 144 Å². The fourth-order valence-corrected chi connectivity index (χ4v) is 11.2. The van der Waals surface area contributed by atoms with Gasteiger partial charge in [-0.2, -0.15) is 0 Å². The van der Waals surface area contributed by atoms with E-state index in [-0.39, 0.29) is 47.8 Å². The van der Waals surface area contributed by atoms with Crippen LogP contribution in [0.5, 0.6) is 0 Å². The molecular weight excluding hydrogens is 707 g/mol. The van der Waals surface area contributed by atoms with Crippen molar-refractivity contribution in [3.8, 4) is 12.3 Å². The van der Waals surface area contributed by atoms with Crippen molar-refractivity contribution in [2.24, 2.45) is 22.7 Å². The minimum Gasteiger partial charge on any atom is -0.347 e. The molecule has 5 rings (SSSR count). The highest BCUT2D eigenvalue weighted by Crippen LogP contribution is 2.53. The first-order chi connectivity index (χ1) is 25.2. The van der Waals surface area contributed by atoms with Crippen LogP contribution in [0.3, 0.4) is 0 Å². The molecule has 5 aliphatic rings. The van der Waals surface area contributed by atoms with Gasteiger partial charge in [0.25, 0.3) is 5.91 Å². The van der Waals surface area contributed by atoms with Gasteiger partial charge in [-0.15, -0.1) is 12.3 Å². The number of fused-ring (bicyclic) bond motifs is 1. The molecule has 1 aliphatic heterocycles. The van der Waals surface area contributed by atoms with E-state index in [1.807, 2.05) is 6.92 Å². The van der Waals surface area contributed by atoms with E-state index in [9.17, 15) is 27.6 Å². The average Bonchev–Trinajstić information content (AvgIpc) is 3.74. The van der Waals surface area contributed by atoms with E-state index in [0.717, 1.165) is 57.8 Å². The van der Waals surface area contributed by atoms with Crippen molar-refractivity contribution in [1.29, 1.82) is 0 Å². The number of hydrogen-bond donors (Lipinski definition) is 4. The number of amides is 5. The van der Waals surface area contributed by atoms with Crippen LogP contribution in [0.2, 0.25) is 0 Å². The summed E-state index contributed by atoms with van der Waals surface area (Å²) in [5, 5.41) is 11.7. The van der Waals surface area contributed by atoms with Gasteiger partial charge in [-0.3, -0.25) is 19.2 Å². The highest BCUT2D eigenvalue weighted by molar-refractivity contribution is 7.92. The first kappa shape index (κ1) is 42.0. The lowest BCUT2D eigenvalue weighted by atomic mass is 9.70. The second-order valence-corrected chi connectivity index (χ2v) is 21.9. The maximum absolute atomic E-state index is 15.2. The summed E-state index contributed by atoms with van der Waals surface area (Å²) >= 11 is 0. The monoisotopic (exact) mass is 771 g/mol. The molecule has 302 valence electrons. The van der Waals surface area contributed by atoms with Gasteiger partial charge in [-0.25, -0.2) is 13.2 Å². The van der Waals surface area contributed by atoms with Crippen molar-refractivity contribution in [3.63, 3.8) is 0 Å². The van der Waals surface area contributed by atoms with E-state index < -0.39 is 67.3 Å². The summed E-state index contributed by atoms with van der Waals surface area (Å²) in [5.41, 5.74) is -1.72. The lowest BCUT2D eigenvalue weighted by Crippen LogP contribution is -2.64. The standard InChI is InChI=1S/C41H65N5O7S/c1-8-9-16-30(32(47)35(49)42-27-17-18-27)43-34(48)31-28-19-24-39(5,6)29(28)25-46(31)36(50)33(40(7)20-12-10-13-21-40)44-37(51)45-41(22-14-11-15-23-41)26-54(52,53)38(2,3)4/h1,27-31,33H,9-26H2,2-7H3,(H,42,49)(H,43,48)(H2,44,45,51)/t28-,29-,30?,31-,33+/m0/s1. The largest absolute Gasteiger partial charge is 0.347 e. The molecule has 0 aromatic rings. The Bertz CT molecular complexity index is 1600. The maximum atomic E-state index is 15.2. The van der Waals surface area contributed by atoms with Gasteiger partial charge in [0.15, 0.2) is 9.84 Å². The van der Waals surface area contributed by atoms with E-state index >= 15 is 4.79 Å². The number of carbonyl (C=O) groups excluding carboxylic acids is 5. The number of hydrogen-bond acceptors (Lipinski definition) is 7. The smallest absolute Gasteiger partial charge is 0.315 e. The molecule has 0 aromatic heterocycles. The quantitative estimate of drug-likeness (QED) is 0.157. The lowest BCUT2D eigenvalue weighted by molar-refractivity contribution is -0.145. The van der Waals surface area contributed by atoms with Crippen LogP contribution >= 0.6 is 0 Å². The third-order valence-corrected chi connectivity index (χ3v) is 16.3. The van der Waals surface area contributed by atoms with Gasteiger partial charge in [0.1, 0.15) is 12.1 Å². The summed E-state index contributed by atoms with van der Waals surface area (Å²) in [7, 11) is -3.58. The Labute approximate surface area is 323 Å². The molecule has 0 spiro atoms. The summed E-state index contributed by atoms with van der Waals surface area (Å²) in [6.07, 6.45) is 16.8. The molecule has 54 heavy (non-hydrogen) atoms. The highest BCUT2D eigenvalue weighted by atomic mass is 32.2. The van der Waals surface area contributed by atoms with Gasteiger partial charge in [0.05, 0.1) is 22.1 Å². The zero-order chi connectivity index (χ0) is 39.7. The molecule has 13 heteroatoms.